The van der Waals surface area contributed by atoms with Crippen LogP contribution in [0.5, 0.6) is 0 Å². The summed E-state index contributed by atoms with van der Waals surface area (Å²) in [5.41, 5.74) is 2.07. The van der Waals surface area contributed by atoms with Gasteiger partial charge < -0.3 is 4.57 Å². The molecule has 4 heterocycles. The monoisotopic (exact) mass is 427 g/mol. The van der Waals surface area contributed by atoms with Crippen LogP contribution in [0.3, 0.4) is 0 Å². The van der Waals surface area contributed by atoms with Gasteiger partial charge in [0.25, 0.3) is 5.65 Å². The molecule has 0 atom stereocenters. The van der Waals surface area contributed by atoms with Gasteiger partial charge in [-0.3, -0.25) is 9.69 Å². The van der Waals surface area contributed by atoms with E-state index in [4.69, 9.17) is 0 Å². The van der Waals surface area contributed by atoms with Crippen molar-refractivity contribution in [2.24, 2.45) is 0 Å². The first-order chi connectivity index (χ1) is 14.9. The first-order valence-corrected chi connectivity index (χ1v) is 10.3. The first kappa shape index (κ1) is 19.8. The van der Waals surface area contributed by atoms with Gasteiger partial charge in [0.2, 0.25) is 0 Å². The summed E-state index contributed by atoms with van der Waals surface area (Å²) in [6.45, 7) is 2.32. The van der Waals surface area contributed by atoms with Crippen molar-refractivity contribution in [2.45, 2.75) is 31.6 Å². The molecule has 5 rings (SSSR count). The molecule has 1 aliphatic rings. The van der Waals surface area contributed by atoms with Gasteiger partial charge in [-0.15, -0.1) is 0 Å². The molecular formula is C23H22F3N4O+. The molecule has 0 amide bonds. The second-order valence-corrected chi connectivity index (χ2v) is 8.11. The first-order valence-electron chi connectivity index (χ1n) is 10.3. The van der Waals surface area contributed by atoms with E-state index >= 15 is 0 Å². The number of rotatable bonds is 3. The highest BCUT2D eigenvalue weighted by Gasteiger charge is 2.30. The van der Waals surface area contributed by atoms with Crippen LogP contribution < -0.4 is 10.4 Å². The molecule has 0 radical (unpaired) electrons. The Balaban J connectivity index is 1.34. The number of fused-ring (bicyclic) bond motifs is 3. The standard InChI is InChI=1S/C23H21F3N4O/c24-23(25,26)16-3-1-15(2-4-16)14-29-10-6-17(7-11-29)30-12-8-20(31)19-13-28-22-18(21(19)30)5-9-27-22/h1-5,8-9,12-13,17H,6-7,10-11,14H2,(H,27,28)/p+1. The third-order valence-corrected chi connectivity index (χ3v) is 6.17. The lowest BCUT2D eigenvalue weighted by molar-refractivity contribution is -0.345. The number of aromatic nitrogens is 3. The Kier molecular flexibility index (Phi) is 4.81. The van der Waals surface area contributed by atoms with Crippen LogP contribution in [-0.4, -0.2) is 27.5 Å². The third-order valence-electron chi connectivity index (χ3n) is 6.17. The molecule has 0 unspecified atom stereocenters. The van der Waals surface area contributed by atoms with Crippen molar-refractivity contribution in [3.63, 3.8) is 0 Å². The van der Waals surface area contributed by atoms with Gasteiger partial charge in [0.05, 0.1) is 28.0 Å². The van der Waals surface area contributed by atoms with Crippen LogP contribution in [0, 0.1) is 0 Å². The van der Waals surface area contributed by atoms with Crippen molar-refractivity contribution in [3.05, 3.63) is 76.3 Å². The SMILES string of the molecule is O=c1ccn(C2CCN(Cc3ccc(C(F)(F)F)cc3)CC2)c2c1c[nH+]c1[nH]ccc12. The van der Waals surface area contributed by atoms with Crippen molar-refractivity contribution in [2.75, 3.05) is 13.1 Å². The fraction of sp³-hybridized carbons (Fsp3) is 0.304. The van der Waals surface area contributed by atoms with Crippen molar-refractivity contribution < 1.29 is 18.2 Å². The lowest BCUT2D eigenvalue weighted by Crippen LogP contribution is -2.34. The summed E-state index contributed by atoms with van der Waals surface area (Å²) in [6, 6.07) is 9.26. The molecule has 1 aromatic carbocycles. The van der Waals surface area contributed by atoms with Crippen LogP contribution in [0.1, 0.15) is 30.0 Å². The molecular weight excluding hydrogens is 405 g/mol. The number of alkyl halides is 3. The van der Waals surface area contributed by atoms with E-state index in [0.717, 1.165) is 60.2 Å². The summed E-state index contributed by atoms with van der Waals surface area (Å²) in [5.74, 6) is 0. The number of hydrogen-bond donors (Lipinski definition) is 1. The smallest absolute Gasteiger partial charge is 0.343 e. The Bertz CT molecular complexity index is 1280. The van der Waals surface area contributed by atoms with Gasteiger partial charge in [-0.25, -0.2) is 9.97 Å². The molecule has 0 saturated carbocycles. The topological polar surface area (TPSA) is 55.2 Å². The summed E-state index contributed by atoms with van der Waals surface area (Å²) < 4.78 is 40.5. The normalized spacial score (nSPS) is 16.4. The summed E-state index contributed by atoms with van der Waals surface area (Å²) in [5, 5.41) is 1.66. The molecule has 3 aromatic heterocycles. The molecule has 8 heteroatoms. The van der Waals surface area contributed by atoms with Gasteiger partial charge in [0.1, 0.15) is 6.20 Å². The van der Waals surface area contributed by atoms with Crippen molar-refractivity contribution >= 4 is 21.9 Å². The average Bonchev–Trinajstić information content (AvgIpc) is 3.24. The lowest BCUT2D eigenvalue weighted by atomic mass is 10.0. The minimum Gasteiger partial charge on any atom is -0.343 e. The fourth-order valence-electron chi connectivity index (χ4n) is 4.54. The van der Waals surface area contributed by atoms with Crippen LogP contribution in [-0.2, 0) is 12.7 Å². The van der Waals surface area contributed by atoms with Crippen LogP contribution in [0.4, 0.5) is 13.2 Å². The summed E-state index contributed by atoms with van der Waals surface area (Å²) in [7, 11) is 0. The number of pyridine rings is 2. The number of halogens is 3. The molecule has 0 spiro atoms. The van der Waals surface area contributed by atoms with Gasteiger partial charge in [-0.1, -0.05) is 12.1 Å². The molecule has 2 N–H and O–H groups in total. The van der Waals surface area contributed by atoms with E-state index in [9.17, 15) is 18.0 Å². The van der Waals surface area contributed by atoms with Gasteiger partial charge in [0, 0.05) is 37.9 Å². The zero-order valence-corrected chi connectivity index (χ0v) is 16.7. The Morgan fingerprint density at radius 3 is 2.48 bits per heavy atom. The molecule has 160 valence electrons. The molecule has 31 heavy (non-hydrogen) atoms. The predicted molar refractivity (Wildman–Crippen MR) is 112 cm³/mol. The van der Waals surface area contributed by atoms with E-state index in [2.05, 4.69) is 19.4 Å². The van der Waals surface area contributed by atoms with Gasteiger partial charge >= 0.3 is 6.18 Å². The predicted octanol–water partition coefficient (Wildman–Crippen LogP) is 4.15. The molecule has 4 aromatic rings. The van der Waals surface area contributed by atoms with E-state index in [1.165, 1.54) is 0 Å². The number of hydrogen-bond acceptors (Lipinski definition) is 2. The fourth-order valence-corrected chi connectivity index (χ4v) is 4.54. The molecule has 1 fully saturated rings. The highest BCUT2D eigenvalue weighted by molar-refractivity contribution is 6.00. The zero-order valence-electron chi connectivity index (χ0n) is 16.7. The summed E-state index contributed by atoms with van der Waals surface area (Å²) >= 11 is 0. The maximum absolute atomic E-state index is 12.8. The Labute approximate surface area is 176 Å². The van der Waals surface area contributed by atoms with Gasteiger partial charge in [-0.05, 0) is 36.6 Å². The minimum atomic E-state index is -4.31. The van der Waals surface area contributed by atoms with E-state index in [1.54, 1.807) is 24.4 Å². The Morgan fingerprint density at radius 2 is 1.77 bits per heavy atom. The number of nitrogens with one attached hydrogen (secondary N) is 2. The zero-order chi connectivity index (χ0) is 21.6. The minimum absolute atomic E-state index is 0.00894. The second-order valence-electron chi connectivity index (χ2n) is 8.11. The Morgan fingerprint density at radius 1 is 1.03 bits per heavy atom. The number of nitrogens with zero attached hydrogens (tertiary/aromatic N) is 2. The number of likely N-dealkylation sites (tertiary alicyclic amines) is 1. The largest absolute Gasteiger partial charge is 0.416 e. The maximum atomic E-state index is 12.8. The summed E-state index contributed by atoms with van der Waals surface area (Å²) in [6.07, 6.45) is 3.00. The second kappa shape index (κ2) is 7.53. The highest BCUT2D eigenvalue weighted by atomic mass is 19.4. The quantitative estimate of drug-likeness (QED) is 0.534. The van der Waals surface area contributed by atoms with Crippen LogP contribution in [0.25, 0.3) is 21.9 Å². The van der Waals surface area contributed by atoms with Crippen LogP contribution >= 0.6 is 0 Å². The molecule has 1 saturated heterocycles. The Hall–Kier alpha value is -3.13. The number of H-pyrrole nitrogens is 2. The molecule has 1 aliphatic heterocycles. The highest BCUT2D eigenvalue weighted by Crippen LogP contribution is 2.31. The maximum Gasteiger partial charge on any atom is 0.416 e. The van der Waals surface area contributed by atoms with E-state index in [-0.39, 0.29) is 11.5 Å². The average molecular weight is 427 g/mol. The van der Waals surface area contributed by atoms with Gasteiger partial charge in [-0.2, -0.15) is 13.2 Å². The lowest BCUT2D eigenvalue weighted by Gasteiger charge is -2.34. The summed E-state index contributed by atoms with van der Waals surface area (Å²) in [4.78, 5) is 21.0. The van der Waals surface area contributed by atoms with Crippen molar-refractivity contribution in [3.8, 4) is 0 Å². The van der Waals surface area contributed by atoms with E-state index in [1.807, 2.05) is 18.5 Å². The third kappa shape index (κ3) is 3.72. The van der Waals surface area contributed by atoms with Gasteiger partial charge in [0.15, 0.2) is 5.43 Å². The van der Waals surface area contributed by atoms with Crippen molar-refractivity contribution in [1.82, 2.24) is 14.5 Å². The van der Waals surface area contributed by atoms with Crippen LogP contribution in [0.15, 0.2) is 59.8 Å². The van der Waals surface area contributed by atoms with E-state index in [0.29, 0.717) is 11.9 Å². The molecule has 5 nitrogen and oxygen atoms in total. The van der Waals surface area contributed by atoms with Crippen LogP contribution in [0.2, 0.25) is 0 Å². The number of benzene rings is 1. The molecule has 0 bridgehead atoms. The molecule has 0 aliphatic carbocycles. The van der Waals surface area contributed by atoms with Crippen molar-refractivity contribution in [1.29, 1.82) is 0 Å². The van der Waals surface area contributed by atoms with E-state index < -0.39 is 11.7 Å². The number of piperidine rings is 1. The number of aromatic amines is 2.